The Hall–Kier alpha value is -3.09. The highest BCUT2D eigenvalue weighted by Crippen LogP contribution is 2.76. The second-order valence-electron chi connectivity index (χ2n) is 25.9. The van der Waals surface area contributed by atoms with Gasteiger partial charge < -0.3 is 104 Å². The maximum Gasteiger partial charge on any atom is 0.335 e. The Kier molecular flexibility index (Phi) is 18.4. The molecule has 0 bridgehead atoms. The van der Waals surface area contributed by atoms with Crippen LogP contribution in [0.1, 0.15) is 108 Å². The molecule has 8 aliphatic rings. The van der Waals surface area contributed by atoms with Crippen LogP contribution in [-0.2, 0) is 52.3 Å². The van der Waals surface area contributed by atoms with Gasteiger partial charge in [0.1, 0.15) is 67.1 Å². The third kappa shape index (κ3) is 9.98. The third-order valence-electron chi connectivity index (χ3n) is 21.5. The second-order valence-corrected chi connectivity index (χ2v) is 25.9. The van der Waals surface area contributed by atoms with E-state index in [2.05, 4.69) is 19.9 Å². The molecule has 27 atom stereocenters. The van der Waals surface area contributed by atoms with Crippen molar-refractivity contribution in [3.8, 4) is 0 Å². The number of carbonyl (C=O) groups is 3. The van der Waals surface area contributed by atoms with E-state index >= 15 is 0 Å². The molecule has 3 aliphatic heterocycles. The van der Waals surface area contributed by atoms with Crippen LogP contribution in [0.15, 0.2) is 34.9 Å². The minimum atomic E-state index is -2.18. The smallest absolute Gasteiger partial charge is 0.335 e. The zero-order valence-electron chi connectivity index (χ0n) is 47.8. The monoisotopic (exact) mass is 1160 g/mol. The summed E-state index contributed by atoms with van der Waals surface area (Å²) in [5, 5.41) is 146. The van der Waals surface area contributed by atoms with E-state index in [0.29, 0.717) is 31.3 Å². The fraction of sp³-hybridized carbons (Fsp3) is 0.842. The van der Waals surface area contributed by atoms with Gasteiger partial charge in [0.05, 0.1) is 50.2 Å². The molecule has 11 unspecified atom stereocenters. The van der Waals surface area contributed by atoms with Gasteiger partial charge in [0.2, 0.25) is 0 Å². The van der Waals surface area contributed by atoms with Crippen molar-refractivity contribution in [3.63, 3.8) is 0 Å². The summed E-state index contributed by atoms with van der Waals surface area (Å²) in [7, 11) is 0. The van der Waals surface area contributed by atoms with Gasteiger partial charge in [-0.05, 0) is 94.8 Å². The minimum absolute atomic E-state index is 0.165. The Bertz CT molecular complexity index is 2410. The SMILES string of the molecule is C/C=C(/C)C(=O)O[C@H]1[C@H](OC(=O)/C(C)=C\C)[C@@]2(CO)C(CC1(C)C)C1=CCC3[C@@]4(C)CC[C@H](O[C@@H]5OC(C(=O)O)[C@@H](O)C(O[C@@H]6O[C@@H](CO)C(O)C6O)C5O[C@@H]5OC(CO)[C@@H](O)C(O)C5O)[C@](C)(CO)C4CC[C@@]3(C)[C@]1(C)[C@@H](O)[C@H]2O. The molecule has 460 valence electrons. The first kappa shape index (κ1) is 63.9. The number of carbonyl (C=O) groups excluding carboxylic acids is 2. The second kappa shape index (κ2) is 23.3. The summed E-state index contributed by atoms with van der Waals surface area (Å²) in [5.74, 6) is -4.48. The predicted molar refractivity (Wildman–Crippen MR) is 278 cm³/mol. The van der Waals surface area contributed by atoms with Gasteiger partial charge in [-0.2, -0.15) is 0 Å². The molecule has 4 saturated carbocycles. The number of hydrogen-bond acceptors (Lipinski definition) is 23. The number of carboxylic acids is 1. The van der Waals surface area contributed by atoms with Crippen molar-refractivity contribution in [1.29, 1.82) is 0 Å². The molecule has 13 N–H and O–H groups in total. The Morgan fingerprint density at radius 1 is 0.630 bits per heavy atom. The Labute approximate surface area is 471 Å². The lowest BCUT2D eigenvalue weighted by Gasteiger charge is -2.73. The highest BCUT2D eigenvalue weighted by atomic mass is 16.8. The lowest BCUT2D eigenvalue weighted by Crippen LogP contribution is -2.76. The molecule has 0 radical (unpaired) electrons. The molecule has 0 amide bonds. The third-order valence-corrected chi connectivity index (χ3v) is 21.5. The fourth-order valence-corrected chi connectivity index (χ4v) is 16.2. The van der Waals surface area contributed by atoms with Crippen LogP contribution in [0.5, 0.6) is 0 Å². The van der Waals surface area contributed by atoms with E-state index in [1.165, 1.54) is 0 Å². The highest BCUT2D eigenvalue weighted by molar-refractivity contribution is 5.89. The van der Waals surface area contributed by atoms with E-state index in [-0.39, 0.29) is 24.3 Å². The Morgan fingerprint density at radius 3 is 1.70 bits per heavy atom. The average Bonchev–Trinajstić information content (AvgIpc) is 1.99. The maximum atomic E-state index is 13.9. The zero-order chi connectivity index (χ0) is 60.0. The van der Waals surface area contributed by atoms with E-state index in [0.717, 1.165) is 5.57 Å². The normalized spacial score (nSPS) is 49.8. The molecular formula is C57H88O24. The summed E-state index contributed by atoms with van der Waals surface area (Å²) in [5.41, 5.74) is -5.25. The first-order valence-corrected chi connectivity index (χ1v) is 28.3. The molecule has 24 heteroatoms. The van der Waals surface area contributed by atoms with Gasteiger partial charge in [0.25, 0.3) is 0 Å². The van der Waals surface area contributed by atoms with Gasteiger partial charge in [-0.25, -0.2) is 14.4 Å². The molecular weight excluding hydrogens is 1070 g/mol. The number of rotatable bonds is 15. The molecule has 8 rings (SSSR count). The number of aliphatic hydroxyl groups excluding tert-OH is 12. The minimum Gasteiger partial charge on any atom is -0.479 e. The molecule has 3 saturated heterocycles. The summed E-state index contributed by atoms with van der Waals surface area (Å²) in [6.07, 6.45) is -25.7. The van der Waals surface area contributed by atoms with Crippen LogP contribution in [0.25, 0.3) is 0 Å². The molecule has 3 heterocycles. The molecule has 0 spiro atoms. The van der Waals surface area contributed by atoms with Crippen molar-refractivity contribution in [1.82, 2.24) is 0 Å². The van der Waals surface area contributed by atoms with E-state index < -0.39 is 205 Å². The van der Waals surface area contributed by atoms with Gasteiger partial charge in [0.15, 0.2) is 31.1 Å². The van der Waals surface area contributed by atoms with Gasteiger partial charge in [0, 0.05) is 27.4 Å². The number of esters is 2. The summed E-state index contributed by atoms with van der Waals surface area (Å²) in [6.45, 7) is 15.3. The first-order valence-electron chi connectivity index (χ1n) is 28.3. The lowest BCUT2D eigenvalue weighted by atomic mass is 9.32. The van der Waals surface area contributed by atoms with E-state index in [4.69, 9.17) is 37.9 Å². The number of fused-ring (bicyclic) bond motifs is 7. The lowest BCUT2D eigenvalue weighted by molar-refractivity contribution is -0.387. The molecule has 0 aromatic heterocycles. The topological polar surface area (TPSA) is 388 Å². The zero-order valence-corrected chi connectivity index (χ0v) is 47.8. The summed E-state index contributed by atoms with van der Waals surface area (Å²) in [4.78, 5) is 40.4. The van der Waals surface area contributed by atoms with E-state index in [9.17, 15) is 80.8 Å². The molecule has 81 heavy (non-hydrogen) atoms. The largest absolute Gasteiger partial charge is 0.479 e. The van der Waals surface area contributed by atoms with Crippen LogP contribution in [0.4, 0.5) is 0 Å². The van der Waals surface area contributed by atoms with Crippen LogP contribution in [0, 0.1) is 50.2 Å². The number of aliphatic carboxylic acids is 1. The van der Waals surface area contributed by atoms with Crippen LogP contribution in [0.2, 0.25) is 0 Å². The summed E-state index contributed by atoms with van der Waals surface area (Å²) in [6, 6.07) is 0. The van der Waals surface area contributed by atoms with E-state index in [1.54, 1.807) is 39.8 Å². The van der Waals surface area contributed by atoms with Gasteiger partial charge in [-0.3, -0.25) is 0 Å². The predicted octanol–water partition coefficient (Wildman–Crippen LogP) is -0.765. The first-order chi connectivity index (χ1) is 37.9. The molecule has 24 nitrogen and oxygen atoms in total. The number of hydrogen-bond donors (Lipinski definition) is 13. The van der Waals surface area contributed by atoms with Crippen molar-refractivity contribution >= 4 is 17.9 Å². The Balaban J connectivity index is 1.15. The average molecular weight is 1160 g/mol. The highest BCUT2D eigenvalue weighted by Gasteiger charge is 2.77. The van der Waals surface area contributed by atoms with Crippen LogP contribution in [0.3, 0.4) is 0 Å². The number of aliphatic hydroxyl groups is 12. The van der Waals surface area contributed by atoms with Gasteiger partial charge in [-0.15, -0.1) is 0 Å². The Morgan fingerprint density at radius 2 is 1.17 bits per heavy atom. The quantitative estimate of drug-likeness (QED) is 0.0415. The number of ether oxygens (including phenoxy) is 8. The standard InChI is InChI=1S/C57H88O24/c1-11-24(3)47(72)80-44-45(81-48(73)25(4)12-2)57(23-61)27(19-52(44,5)6)26-13-14-31-53(7)17-16-32(54(8,22-60)30(53)15-18-55(31,9)56(26,10)42(68)43(57)69)76-51-41(79-50-37(66)35(64)33(62)28(20-58)74-50)39(38(67)40(78-51)46(70)71)77-49-36(65)34(63)29(21-59)75-49/h11-13,27-45,49-51,58-69H,14-23H2,1-10H3,(H,70,71)/b24-11-,25-12-/t27?,28?,29-,30?,31?,32-,33+,34?,35?,36?,37?,38-,39?,40?,41?,42-,43+,44-,45-,49-,50-,51+,53-,54+,55+,56-,57-/m0/s1. The maximum absolute atomic E-state index is 13.9. The van der Waals surface area contributed by atoms with Crippen molar-refractivity contribution in [3.05, 3.63) is 34.9 Å². The van der Waals surface area contributed by atoms with Gasteiger partial charge >= 0.3 is 17.9 Å². The molecule has 5 aliphatic carbocycles. The fourth-order valence-electron chi connectivity index (χ4n) is 16.2. The molecule has 0 aromatic carbocycles. The van der Waals surface area contributed by atoms with Crippen molar-refractivity contribution in [2.75, 3.05) is 26.4 Å². The summed E-state index contributed by atoms with van der Waals surface area (Å²) >= 11 is 0. The number of allylic oxidation sites excluding steroid dienone is 3. The summed E-state index contributed by atoms with van der Waals surface area (Å²) < 4.78 is 48.8. The van der Waals surface area contributed by atoms with Crippen molar-refractivity contribution in [2.24, 2.45) is 50.2 Å². The van der Waals surface area contributed by atoms with Gasteiger partial charge in [-0.1, -0.05) is 65.3 Å². The van der Waals surface area contributed by atoms with Crippen molar-refractivity contribution in [2.45, 2.75) is 224 Å². The van der Waals surface area contributed by atoms with Crippen LogP contribution >= 0.6 is 0 Å². The van der Waals surface area contributed by atoms with Crippen molar-refractivity contribution < 1.29 is 119 Å². The number of carboxylic acid groups (broad SMARTS) is 1. The van der Waals surface area contributed by atoms with Crippen LogP contribution < -0.4 is 0 Å². The van der Waals surface area contributed by atoms with Crippen LogP contribution in [-0.4, -0.2) is 227 Å². The van der Waals surface area contributed by atoms with E-state index in [1.807, 2.05) is 27.7 Å². The molecule has 0 aromatic rings. The molecule has 7 fully saturated rings.